The average Bonchev–Trinajstić information content (AvgIpc) is 2.74. The van der Waals surface area contributed by atoms with Gasteiger partial charge in [0.1, 0.15) is 5.75 Å². The molecule has 1 fully saturated rings. The zero-order valence-corrected chi connectivity index (χ0v) is 18.9. The van der Waals surface area contributed by atoms with Crippen molar-refractivity contribution < 1.29 is 17.9 Å². The highest BCUT2D eigenvalue weighted by molar-refractivity contribution is 7.88. The number of methoxy groups -OCH3 is 1. The minimum Gasteiger partial charge on any atom is -0.496 e. The predicted octanol–water partition coefficient (Wildman–Crippen LogP) is 3.86. The van der Waals surface area contributed by atoms with Crippen LogP contribution in [-0.2, 0) is 27.1 Å². The van der Waals surface area contributed by atoms with Gasteiger partial charge >= 0.3 is 0 Å². The van der Waals surface area contributed by atoms with Crippen molar-refractivity contribution in [3.05, 3.63) is 63.6 Å². The predicted molar refractivity (Wildman–Crippen MR) is 118 cm³/mol. The lowest BCUT2D eigenvalue weighted by atomic mass is 9.98. The molecule has 30 heavy (non-hydrogen) atoms. The Morgan fingerprint density at radius 3 is 2.70 bits per heavy atom. The van der Waals surface area contributed by atoms with Crippen molar-refractivity contribution in [2.75, 3.05) is 20.2 Å². The molecule has 2 aromatic carbocycles. The van der Waals surface area contributed by atoms with Gasteiger partial charge in [-0.1, -0.05) is 47.5 Å². The Kier molecular flexibility index (Phi) is 7.63. The number of amides is 1. The smallest absolute Gasteiger partial charge is 0.224 e. The van der Waals surface area contributed by atoms with Gasteiger partial charge in [0.15, 0.2) is 0 Å². The fourth-order valence-corrected chi connectivity index (χ4v) is 5.71. The lowest BCUT2D eigenvalue weighted by Crippen LogP contribution is -2.45. The highest BCUT2D eigenvalue weighted by atomic mass is 35.5. The minimum atomic E-state index is -3.61. The van der Waals surface area contributed by atoms with E-state index in [0.717, 1.165) is 5.56 Å². The van der Waals surface area contributed by atoms with Crippen LogP contribution in [0.3, 0.4) is 0 Å². The topological polar surface area (TPSA) is 75.7 Å². The molecule has 0 saturated carbocycles. The van der Waals surface area contributed by atoms with Crippen LogP contribution in [0.25, 0.3) is 0 Å². The molecule has 1 aliphatic heterocycles. The molecule has 0 aliphatic carbocycles. The zero-order chi connectivity index (χ0) is 21.7. The van der Waals surface area contributed by atoms with Crippen LogP contribution in [0.5, 0.6) is 5.75 Å². The number of nitrogens with one attached hydrogen (secondary N) is 1. The van der Waals surface area contributed by atoms with Crippen LogP contribution in [0, 0.1) is 5.92 Å². The van der Waals surface area contributed by atoms with Crippen molar-refractivity contribution in [1.29, 1.82) is 0 Å². The first kappa shape index (κ1) is 22.9. The van der Waals surface area contributed by atoms with Crippen LogP contribution in [0.15, 0.2) is 42.5 Å². The van der Waals surface area contributed by atoms with Gasteiger partial charge in [-0.3, -0.25) is 4.79 Å². The first-order valence-corrected chi connectivity index (χ1v) is 12.0. The summed E-state index contributed by atoms with van der Waals surface area (Å²) in [4.78, 5) is 12.7. The van der Waals surface area contributed by atoms with Gasteiger partial charge in [-0.2, -0.15) is 0 Å². The van der Waals surface area contributed by atoms with Gasteiger partial charge < -0.3 is 10.1 Å². The fourth-order valence-electron chi connectivity index (χ4n) is 3.51. The lowest BCUT2D eigenvalue weighted by molar-refractivity contribution is -0.126. The van der Waals surface area contributed by atoms with Crippen molar-refractivity contribution in [2.45, 2.75) is 25.1 Å². The van der Waals surface area contributed by atoms with E-state index in [4.69, 9.17) is 27.9 Å². The molecule has 0 radical (unpaired) electrons. The molecule has 0 unspecified atom stereocenters. The van der Waals surface area contributed by atoms with Gasteiger partial charge in [0.2, 0.25) is 15.9 Å². The van der Waals surface area contributed by atoms with E-state index in [2.05, 4.69) is 5.32 Å². The molecule has 1 amide bonds. The summed E-state index contributed by atoms with van der Waals surface area (Å²) in [6, 6.07) is 12.2. The summed E-state index contributed by atoms with van der Waals surface area (Å²) in [6.45, 7) is 0.877. The summed E-state index contributed by atoms with van der Waals surface area (Å²) < 4.78 is 32.5. The molecule has 162 valence electrons. The first-order valence-electron chi connectivity index (χ1n) is 9.61. The fraction of sp³-hybridized carbons (Fsp3) is 0.381. The molecule has 3 rings (SSSR count). The van der Waals surface area contributed by atoms with Crippen LogP contribution in [-0.4, -0.2) is 38.8 Å². The second-order valence-electron chi connectivity index (χ2n) is 7.22. The number of benzene rings is 2. The first-order chi connectivity index (χ1) is 14.3. The molecule has 0 spiro atoms. The van der Waals surface area contributed by atoms with Crippen molar-refractivity contribution in [3.8, 4) is 5.75 Å². The highest BCUT2D eigenvalue weighted by Gasteiger charge is 2.32. The van der Waals surface area contributed by atoms with Gasteiger partial charge in [-0.25, -0.2) is 12.7 Å². The summed E-state index contributed by atoms with van der Waals surface area (Å²) in [5, 5.41) is 3.67. The second-order valence-corrected chi connectivity index (χ2v) is 10.0. The Morgan fingerprint density at radius 1 is 1.20 bits per heavy atom. The number of halogens is 2. The number of sulfonamides is 1. The highest BCUT2D eigenvalue weighted by Crippen LogP contribution is 2.26. The summed E-state index contributed by atoms with van der Waals surface area (Å²) >= 11 is 12.0. The maximum atomic E-state index is 12.9. The molecule has 1 aliphatic rings. The molecule has 1 heterocycles. The number of carbonyl (C=O) groups excluding carboxylic acids is 1. The maximum Gasteiger partial charge on any atom is 0.224 e. The van der Waals surface area contributed by atoms with Crippen LogP contribution in [0.1, 0.15) is 24.0 Å². The molecular weight excluding hydrogens is 447 g/mol. The normalized spacial score (nSPS) is 17.5. The summed E-state index contributed by atoms with van der Waals surface area (Å²) in [6.07, 6.45) is 1.27. The number of piperidine rings is 1. The second kappa shape index (κ2) is 10.0. The Labute approximate surface area is 187 Å². The Bertz CT molecular complexity index is 1010. The van der Waals surface area contributed by atoms with Crippen molar-refractivity contribution in [2.24, 2.45) is 5.92 Å². The van der Waals surface area contributed by atoms with Gasteiger partial charge in [0.25, 0.3) is 0 Å². The van der Waals surface area contributed by atoms with Crippen LogP contribution >= 0.6 is 23.2 Å². The quantitative estimate of drug-likeness (QED) is 0.666. The molecule has 0 bridgehead atoms. The third-order valence-corrected chi connectivity index (χ3v) is 7.53. The van der Waals surface area contributed by atoms with Gasteiger partial charge in [0, 0.05) is 35.2 Å². The van der Waals surface area contributed by atoms with E-state index >= 15 is 0 Å². The number of hydrogen-bond acceptors (Lipinski definition) is 4. The molecule has 1 N–H and O–H groups in total. The zero-order valence-electron chi connectivity index (χ0n) is 16.6. The molecule has 1 atom stereocenters. The van der Waals surface area contributed by atoms with Gasteiger partial charge in [-0.05, 0) is 36.6 Å². The van der Waals surface area contributed by atoms with Gasteiger partial charge in [0.05, 0.1) is 18.8 Å². The molecule has 9 heteroatoms. The third kappa shape index (κ3) is 5.66. The minimum absolute atomic E-state index is 0.158. The number of ether oxygens (including phenoxy) is 1. The maximum absolute atomic E-state index is 12.9. The standard InChI is InChI=1S/C21H24Cl2N2O4S/c1-29-20-7-3-2-5-15(20)12-24-21(26)16-6-4-10-25(13-16)30(27,28)14-17-8-9-18(22)11-19(17)23/h2-3,5,7-9,11,16H,4,6,10,12-14H2,1H3,(H,24,26)/t16-/m0/s1. The van der Waals surface area contributed by atoms with Crippen LogP contribution in [0.2, 0.25) is 10.0 Å². The van der Waals surface area contributed by atoms with E-state index in [9.17, 15) is 13.2 Å². The number of nitrogens with zero attached hydrogens (tertiary/aromatic N) is 1. The summed E-state index contributed by atoms with van der Waals surface area (Å²) in [5.41, 5.74) is 1.36. The summed E-state index contributed by atoms with van der Waals surface area (Å²) in [7, 11) is -2.03. The van der Waals surface area contributed by atoms with Crippen molar-refractivity contribution in [1.82, 2.24) is 9.62 Å². The van der Waals surface area contributed by atoms with Gasteiger partial charge in [-0.15, -0.1) is 0 Å². The number of hydrogen-bond donors (Lipinski definition) is 1. The van der Waals surface area contributed by atoms with E-state index in [1.54, 1.807) is 19.2 Å². The van der Waals surface area contributed by atoms with Crippen molar-refractivity contribution in [3.63, 3.8) is 0 Å². The molecular formula is C21H24Cl2N2O4S. The Hall–Kier alpha value is -1.80. The van der Waals surface area contributed by atoms with E-state index in [1.807, 2.05) is 24.3 Å². The van der Waals surface area contributed by atoms with E-state index in [-0.39, 0.29) is 18.2 Å². The monoisotopic (exact) mass is 470 g/mol. The number of carbonyl (C=O) groups is 1. The van der Waals surface area contributed by atoms with E-state index in [0.29, 0.717) is 47.3 Å². The Balaban J connectivity index is 1.63. The molecule has 2 aromatic rings. The number of rotatable bonds is 7. The lowest BCUT2D eigenvalue weighted by Gasteiger charge is -2.31. The largest absolute Gasteiger partial charge is 0.496 e. The van der Waals surface area contributed by atoms with Crippen LogP contribution < -0.4 is 10.1 Å². The Morgan fingerprint density at radius 2 is 1.97 bits per heavy atom. The SMILES string of the molecule is COc1ccccc1CNC(=O)[C@H]1CCCN(S(=O)(=O)Cc2ccc(Cl)cc2Cl)C1. The van der Waals surface area contributed by atoms with E-state index < -0.39 is 15.9 Å². The summed E-state index contributed by atoms with van der Waals surface area (Å²) in [5.74, 6) is -0.0850. The molecule has 6 nitrogen and oxygen atoms in total. The van der Waals surface area contributed by atoms with Crippen LogP contribution in [0.4, 0.5) is 0 Å². The van der Waals surface area contributed by atoms with Crippen molar-refractivity contribution >= 4 is 39.1 Å². The number of para-hydroxylation sites is 1. The third-order valence-electron chi connectivity index (χ3n) is 5.15. The van der Waals surface area contributed by atoms with E-state index in [1.165, 1.54) is 10.4 Å². The molecule has 1 saturated heterocycles. The molecule has 0 aromatic heterocycles. The average molecular weight is 471 g/mol.